The van der Waals surface area contributed by atoms with Crippen LogP contribution in [0.1, 0.15) is 5.56 Å². The SMILES string of the molecule is O=C(CN(Cc1ccc(F)cc1)S(=O)(=O)c1ccccc1)Nc1ccccc1Cl. The zero-order valence-corrected chi connectivity index (χ0v) is 16.8. The van der Waals surface area contributed by atoms with E-state index in [1.807, 2.05) is 0 Å². The minimum Gasteiger partial charge on any atom is -0.324 e. The minimum absolute atomic E-state index is 0.0626. The van der Waals surface area contributed by atoms with Crippen LogP contribution in [0.25, 0.3) is 0 Å². The summed E-state index contributed by atoms with van der Waals surface area (Å²) in [5.74, 6) is -0.970. The van der Waals surface area contributed by atoms with E-state index in [9.17, 15) is 17.6 Å². The summed E-state index contributed by atoms with van der Waals surface area (Å²) in [5.41, 5.74) is 0.939. The number of nitrogens with one attached hydrogen (secondary N) is 1. The number of benzene rings is 3. The number of hydrogen-bond donors (Lipinski definition) is 1. The van der Waals surface area contributed by atoms with E-state index in [-0.39, 0.29) is 11.4 Å². The molecule has 3 rings (SSSR count). The Balaban J connectivity index is 1.87. The van der Waals surface area contributed by atoms with E-state index in [2.05, 4.69) is 5.32 Å². The van der Waals surface area contributed by atoms with E-state index in [1.165, 1.54) is 36.4 Å². The van der Waals surface area contributed by atoms with Gasteiger partial charge in [0, 0.05) is 6.54 Å². The molecule has 0 aromatic heterocycles. The van der Waals surface area contributed by atoms with Gasteiger partial charge >= 0.3 is 0 Å². The monoisotopic (exact) mass is 432 g/mol. The van der Waals surface area contributed by atoms with Crippen LogP contribution in [-0.4, -0.2) is 25.2 Å². The highest BCUT2D eigenvalue weighted by atomic mass is 35.5. The van der Waals surface area contributed by atoms with Gasteiger partial charge in [-0.2, -0.15) is 4.31 Å². The number of hydrogen-bond acceptors (Lipinski definition) is 3. The van der Waals surface area contributed by atoms with Gasteiger partial charge in [-0.05, 0) is 42.0 Å². The number of carbonyl (C=O) groups is 1. The Labute approximate surface area is 173 Å². The molecule has 1 amide bonds. The van der Waals surface area contributed by atoms with E-state index >= 15 is 0 Å². The average Bonchev–Trinajstić information content (AvgIpc) is 2.71. The number of halogens is 2. The predicted molar refractivity (Wildman–Crippen MR) is 111 cm³/mol. The molecule has 0 aliphatic rings. The van der Waals surface area contributed by atoms with Crippen LogP contribution in [0.4, 0.5) is 10.1 Å². The molecule has 0 aliphatic carbocycles. The lowest BCUT2D eigenvalue weighted by Gasteiger charge is -2.22. The molecule has 0 saturated carbocycles. The molecule has 0 aliphatic heterocycles. The van der Waals surface area contributed by atoms with Gasteiger partial charge in [0.2, 0.25) is 15.9 Å². The first-order valence-corrected chi connectivity index (χ1v) is 10.5. The molecule has 3 aromatic rings. The Morgan fingerprint density at radius 2 is 1.55 bits per heavy atom. The van der Waals surface area contributed by atoms with Crippen molar-refractivity contribution in [1.29, 1.82) is 0 Å². The van der Waals surface area contributed by atoms with Gasteiger partial charge in [-0.3, -0.25) is 4.79 Å². The van der Waals surface area contributed by atoms with Crippen LogP contribution in [0, 0.1) is 5.82 Å². The van der Waals surface area contributed by atoms with Crippen molar-refractivity contribution in [2.24, 2.45) is 0 Å². The molecule has 0 heterocycles. The van der Waals surface area contributed by atoms with E-state index in [0.717, 1.165) is 4.31 Å². The first kappa shape index (κ1) is 21.0. The maximum Gasteiger partial charge on any atom is 0.243 e. The molecule has 0 saturated heterocycles. The minimum atomic E-state index is -3.96. The van der Waals surface area contributed by atoms with Crippen LogP contribution >= 0.6 is 11.6 Å². The van der Waals surface area contributed by atoms with Crippen LogP contribution in [0.5, 0.6) is 0 Å². The third kappa shape index (κ3) is 5.41. The summed E-state index contributed by atoms with van der Waals surface area (Å²) in [6.45, 7) is -0.521. The zero-order valence-electron chi connectivity index (χ0n) is 15.3. The quantitative estimate of drug-likeness (QED) is 0.605. The number of amides is 1. The lowest BCUT2D eigenvalue weighted by Crippen LogP contribution is -2.37. The molecule has 0 radical (unpaired) electrons. The van der Waals surface area contributed by atoms with Crippen molar-refractivity contribution in [2.45, 2.75) is 11.4 Å². The summed E-state index contributed by atoms with van der Waals surface area (Å²) in [6.07, 6.45) is 0. The third-order valence-electron chi connectivity index (χ3n) is 4.12. The molecule has 29 heavy (non-hydrogen) atoms. The highest BCUT2D eigenvalue weighted by Crippen LogP contribution is 2.22. The van der Waals surface area contributed by atoms with E-state index in [0.29, 0.717) is 16.3 Å². The van der Waals surface area contributed by atoms with Gasteiger partial charge in [-0.1, -0.05) is 54.1 Å². The average molecular weight is 433 g/mol. The lowest BCUT2D eigenvalue weighted by atomic mass is 10.2. The van der Waals surface area contributed by atoms with Crippen molar-refractivity contribution in [1.82, 2.24) is 4.31 Å². The molecule has 0 unspecified atom stereocenters. The second-order valence-corrected chi connectivity index (χ2v) is 8.59. The maximum atomic E-state index is 13.2. The van der Waals surface area contributed by atoms with Crippen molar-refractivity contribution in [3.8, 4) is 0 Å². The maximum absolute atomic E-state index is 13.2. The zero-order chi connectivity index (χ0) is 20.9. The summed E-state index contributed by atoms with van der Waals surface area (Å²) in [7, 11) is -3.96. The highest BCUT2D eigenvalue weighted by molar-refractivity contribution is 7.89. The van der Waals surface area contributed by atoms with Gasteiger partial charge in [0.25, 0.3) is 0 Å². The predicted octanol–water partition coefficient (Wildman–Crippen LogP) is 4.31. The van der Waals surface area contributed by atoms with Crippen molar-refractivity contribution in [2.75, 3.05) is 11.9 Å². The fraction of sp³-hybridized carbons (Fsp3) is 0.0952. The molecule has 0 bridgehead atoms. The fourth-order valence-corrected chi connectivity index (χ4v) is 4.26. The van der Waals surface area contributed by atoms with Crippen molar-refractivity contribution in [3.05, 3.63) is 95.3 Å². The largest absolute Gasteiger partial charge is 0.324 e. The summed E-state index contributed by atoms with van der Waals surface area (Å²) < 4.78 is 40.5. The molecular formula is C21H18ClFN2O3S. The number of anilines is 1. The van der Waals surface area contributed by atoms with Crippen LogP contribution < -0.4 is 5.32 Å². The normalized spacial score (nSPS) is 11.4. The Hall–Kier alpha value is -2.74. The molecule has 5 nitrogen and oxygen atoms in total. The number of rotatable bonds is 7. The summed E-state index contributed by atoms with van der Waals surface area (Å²) in [6, 6.07) is 19.9. The summed E-state index contributed by atoms with van der Waals surface area (Å²) in [5, 5.41) is 2.97. The van der Waals surface area contributed by atoms with Gasteiger partial charge in [0.05, 0.1) is 22.2 Å². The first-order chi connectivity index (χ1) is 13.9. The Morgan fingerprint density at radius 1 is 0.931 bits per heavy atom. The van der Waals surface area contributed by atoms with Crippen LogP contribution in [0.15, 0.2) is 83.8 Å². The molecule has 0 atom stereocenters. The Bertz CT molecular complexity index is 1090. The van der Waals surface area contributed by atoms with Gasteiger partial charge in [0.15, 0.2) is 0 Å². The van der Waals surface area contributed by atoms with E-state index in [4.69, 9.17) is 11.6 Å². The van der Waals surface area contributed by atoms with Crippen molar-refractivity contribution in [3.63, 3.8) is 0 Å². The standard InChI is InChI=1S/C21H18ClFN2O3S/c22-19-8-4-5-9-20(19)24-21(26)15-25(14-16-10-12-17(23)13-11-16)29(27,28)18-6-2-1-3-7-18/h1-13H,14-15H2,(H,24,26). The smallest absolute Gasteiger partial charge is 0.243 e. The van der Waals surface area contributed by atoms with Crippen LogP contribution in [-0.2, 0) is 21.4 Å². The fourth-order valence-electron chi connectivity index (χ4n) is 2.67. The Kier molecular flexibility index (Phi) is 6.64. The van der Waals surface area contributed by atoms with E-state index in [1.54, 1.807) is 42.5 Å². The number of carbonyl (C=O) groups excluding carboxylic acids is 1. The van der Waals surface area contributed by atoms with Gasteiger partial charge in [0.1, 0.15) is 5.82 Å². The van der Waals surface area contributed by atoms with Crippen molar-refractivity contribution >= 4 is 33.2 Å². The highest BCUT2D eigenvalue weighted by Gasteiger charge is 2.27. The van der Waals surface area contributed by atoms with Crippen LogP contribution in [0.3, 0.4) is 0 Å². The second kappa shape index (κ2) is 9.17. The molecule has 150 valence electrons. The summed E-state index contributed by atoms with van der Waals surface area (Å²) >= 11 is 6.05. The molecule has 8 heteroatoms. The third-order valence-corrected chi connectivity index (χ3v) is 6.26. The van der Waals surface area contributed by atoms with Crippen molar-refractivity contribution < 1.29 is 17.6 Å². The Morgan fingerprint density at radius 3 is 2.21 bits per heavy atom. The number of nitrogens with zero attached hydrogens (tertiary/aromatic N) is 1. The molecule has 3 aromatic carbocycles. The van der Waals surface area contributed by atoms with Gasteiger partial charge in [-0.15, -0.1) is 0 Å². The lowest BCUT2D eigenvalue weighted by molar-refractivity contribution is -0.116. The molecule has 1 N–H and O–H groups in total. The molecule has 0 fully saturated rings. The van der Waals surface area contributed by atoms with E-state index < -0.39 is 28.3 Å². The topological polar surface area (TPSA) is 66.5 Å². The number of para-hydroxylation sites is 1. The van der Waals surface area contributed by atoms with Crippen LogP contribution in [0.2, 0.25) is 5.02 Å². The molecule has 0 spiro atoms. The summed E-state index contributed by atoms with van der Waals surface area (Å²) in [4.78, 5) is 12.6. The van der Waals surface area contributed by atoms with Gasteiger partial charge in [-0.25, -0.2) is 12.8 Å². The molecular weight excluding hydrogens is 415 g/mol. The number of sulfonamides is 1. The van der Waals surface area contributed by atoms with Gasteiger partial charge < -0.3 is 5.32 Å². The first-order valence-electron chi connectivity index (χ1n) is 8.70. The second-order valence-electron chi connectivity index (χ2n) is 6.24.